The van der Waals surface area contributed by atoms with Gasteiger partial charge in [0.05, 0.1) is 23.5 Å². The second kappa shape index (κ2) is 11.1. The van der Waals surface area contributed by atoms with Gasteiger partial charge in [-0.3, -0.25) is 4.98 Å². The molecule has 0 bridgehead atoms. The van der Waals surface area contributed by atoms with Crippen LogP contribution in [-0.4, -0.2) is 45.2 Å². The molecule has 0 spiro atoms. The van der Waals surface area contributed by atoms with E-state index in [4.69, 9.17) is 36.8 Å². The van der Waals surface area contributed by atoms with E-state index in [1.807, 2.05) is 24.4 Å². The molecule has 0 amide bonds. The maximum Gasteiger partial charge on any atom is 0.180 e. The molecule has 4 aromatic rings. The fourth-order valence-electron chi connectivity index (χ4n) is 3.21. The SMILES string of the molecule is COCCOc1ccc(Cl)c(-c2cc(CCCc3cnc(N)s3)nc(-c3cnccn3)n2)c1. The first-order valence-corrected chi connectivity index (χ1v) is 11.6. The molecule has 0 unspecified atom stereocenters. The minimum atomic E-state index is 0.444. The highest BCUT2D eigenvalue weighted by molar-refractivity contribution is 7.15. The number of benzene rings is 1. The van der Waals surface area contributed by atoms with Gasteiger partial charge in [-0.15, -0.1) is 11.3 Å². The summed E-state index contributed by atoms with van der Waals surface area (Å²) < 4.78 is 10.8. The molecular formula is C23H23ClN6O2S. The van der Waals surface area contributed by atoms with Crippen molar-refractivity contribution < 1.29 is 9.47 Å². The van der Waals surface area contributed by atoms with Crippen molar-refractivity contribution in [2.24, 2.45) is 0 Å². The molecule has 1 aromatic carbocycles. The first-order valence-electron chi connectivity index (χ1n) is 10.4. The van der Waals surface area contributed by atoms with Crippen molar-refractivity contribution >= 4 is 28.1 Å². The van der Waals surface area contributed by atoms with E-state index in [9.17, 15) is 0 Å². The number of methoxy groups -OCH3 is 1. The average molecular weight is 483 g/mol. The molecule has 0 aliphatic rings. The van der Waals surface area contributed by atoms with E-state index in [1.54, 1.807) is 31.8 Å². The summed E-state index contributed by atoms with van der Waals surface area (Å²) in [4.78, 5) is 23.3. The molecule has 8 nitrogen and oxygen atoms in total. The van der Waals surface area contributed by atoms with Gasteiger partial charge in [-0.25, -0.2) is 19.9 Å². The van der Waals surface area contributed by atoms with Crippen LogP contribution < -0.4 is 10.5 Å². The Morgan fingerprint density at radius 3 is 2.67 bits per heavy atom. The van der Waals surface area contributed by atoms with Gasteiger partial charge in [-0.2, -0.15) is 0 Å². The Bertz CT molecular complexity index is 1200. The van der Waals surface area contributed by atoms with Crippen LogP contribution in [0.15, 0.2) is 49.1 Å². The van der Waals surface area contributed by atoms with Crippen molar-refractivity contribution in [2.75, 3.05) is 26.1 Å². The highest BCUT2D eigenvalue weighted by Crippen LogP contribution is 2.32. The molecular weight excluding hydrogens is 460 g/mol. The minimum absolute atomic E-state index is 0.444. The first-order chi connectivity index (χ1) is 16.1. The lowest BCUT2D eigenvalue weighted by molar-refractivity contribution is 0.146. The molecule has 0 atom stereocenters. The Morgan fingerprint density at radius 2 is 1.91 bits per heavy atom. The second-order valence-corrected chi connectivity index (χ2v) is 8.71. The van der Waals surface area contributed by atoms with E-state index in [0.717, 1.165) is 35.4 Å². The molecule has 0 saturated heterocycles. The number of aryl methyl sites for hydroxylation is 2. The lowest BCUT2D eigenvalue weighted by atomic mass is 10.1. The summed E-state index contributed by atoms with van der Waals surface area (Å²) in [5.74, 6) is 1.19. The van der Waals surface area contributed by atoms with Crippen LogP contribution in [0.2, 0.25) is 5.02 Å². The third-order valence-corrected chi connectivity index (χ3v) is 5.98. The van der Waals surface area contributed by atoms with Crippen molar-refractivity contribution in [3.05, 3.63) is 64.6 Å². The Labute approximate surface area is 200 Å². The fourth-order valence-corrected chi connectivity index (χ4v) is 4.15. The first kappa shape index (κ1) is 23.0. The molecule has 10 heteroatoms. The molecule has 170 valence electrons. The van der Waals surface area contributed by atoms with Gasteiger partial charge in [0.25, 0.3) is 0 Å². The number of anilines is 1. The summed E-state index contributed by atoms with van der Waals surface area (Å²) in [6, 6.07) is 7.47. The van der Waals surface area contributed by atoms with E-state index in [1.165, 1.54) is 11.3 Å². The summed E-state index contributed by atoms with van der Waals surface area (Å²) >= 11 is 8.05. The van der Waals surface area contributed by atoms with Crippen LogP contribution in [0.4, 0.5) is 5.13 Å². The summed E-state index contributed by atoms with van der Waals surface area (Å²) in [7, 11) is 1.64. The zero-order chi connectivity index (χ0) is 23.0. The predicted molar refractivity (Wildman–Crippen MR) is 129 cm³/mol. The Hall–Kier alpha value is -3.14. The van der Waals surface area contributed by atoms with Gasteiger partial charge in [-0.1, -0.05) is 11.6 Å². The maximum atomic E-state index is 6.54. The number of nitrogens with two attached hydrogens (primary N) is 1. The number of ether oxygens (including phenoxy) is 2. The van der Waals surface area contributed by atoms with Crippen molar-refractivity contribution in [2.45, 2.75) is 19.3 Å². The number of thiazole rings is 1. The van der Waals surface area contributed by atoms with Gasteiger partial charge < -0.3 is 15.2 Å². The van der Waals surface area contributed by atoms with Gasteiger partial charge in [-0.05, 0) is 43.5 Å². The summed E-state index contributed by atoms with van der Waals surface area (Å²) in [6.07, 6.45) is 9.23. The average Bonchev–Trinajstić information content (AvgIpc) is 3.25. The second-order valence-electron chi connectivity index (χ2n) is 7.16. The monoisotopic (exact) mass is 482 g/mol. The quantitative estimate of drug-likeness (QED) is 0.329. The predicted octanol–water partition coefficient (Wildman–Crippen LogP) is 4.49. The van der Waals surface area contributed by atoms with Crippen LogP contribution in [0.1, 0.15) is 17.0 Å². The van der Waals surface area contributed by atoms with Gasteiger partial charge >= 0.3 is 0 Å². The number of nitrogens with zero attached hydrogens (tertiary/aromatic N) is 5. The van der Waals surface area contributed by atoms with Crippen molar-refractivity contribution in [1.82, 2.24) is 24.9 Å². The number of nitrogen functional groups attached to an aromatic ring is 1. The number of hydrogen-bond acceptors (Lipinski definition) is 9. The molecule has 0 fully saturated rings. The smallest absolute Gasteiger partial charge is 0.180 e. The van der Waals surface area contributed by atoms with E-state index in [-0.39, 0.29) is 0 Å². The van der Waals surface area contributed by atoms with E-state index >= 15 is 0 Å². The van der Waals surface area contributed by atoms with Crippen LogP contribution in [0.5, 0.6) is 5.75 Å². The van der Waals surface area contributed by atoms with E-state index in [0.29, 0.717) is 46.3 Å². The molecule has 4 rings (SSSR count). The van der Waals surface area contributed by atoms with Crippen LogP contribution >= 0.6 is 22.9 Å². The molecule has 2 N–H and O–H groups in total. The molecule has 3 heterocycles. The number of rotatable bonds is 10. The van der Waals surface area contributed by atoms with E-state index < -0.39 is 0 Å². The normalized spacial score (nSPS) is 11.0. The molecule has 3 aromatic heterocycles. The molecule has 0 saturated carbocycles. The van der Waals surface area contributed by atoms with Gasteiger partial charge in [0.15, 0.2) is 11.0 Å². The van der Waals surface area contributed by atoms with Crippen molar-refractivity contribution in [3.63, 3.8) is 0 Å². The van der Waals surface area contributed by atoms with Crippen LogP contribution in [0, 0.1) is 0 Å². The summed E-state index contributed by atoms with van der Waals surface area (Å²) in [5, 5.41) is 1.16. The standard InChI is InChI=1S/C23H23ClN6O2S/c1-31-9-10-32-16-5-6-19(24)18(12-16)20-11-15(3-2-4-17-13-28-23(25)33-17)29-22(30-20)21-14-26-7-8-27-21/h5-8,11-14H,2-4,9-10H2,1H3,(H2,25,28). The number of hydrogen-bond donors (Lipinski definition) is 1. The van der Waals surface area contributed by atoms with Gasteiger partial charge in [0.2, 0.25) is 0 Å². The van der Waals surface area contributed by atoms with Crippen LogP contribution in [0.25, 0.3) is 22.8 Å². The fraction of sp³-hybridized carbons (Fsp3) is 0.261. The highest BCUT2D eigenvalue weighted by atomic mass is 35.5. The van der Waals surface area contributed by atoms with Crippen LogP contribution in [0.3, 0.4) is 0 Å². The van der Waals surface area contributed by atoms with Gasteiger partial charge in [0.1, 0.15) is 18.1 Å². The molecule has 0 radical (unpaired) electrons. The lowest BCUT2D eigenvalue weighted by Crippen LogP contribution is -2.04. The third-order valence-electron chi connectivity index (χ3n) is 4.77. The Balaban J connectivity index is 1.64. The third kappa shape index (κ3) is 6.22. The topological polar surface area (TPSA) is 109 Å². The molecule has 0 aliphatic carbocycles. The molecule has 0 aliphatic heterocycles. The Kier molecular flexibility index (Phi) is 7.77. The van der Waals surface area contributed by atoms with Gasteiger partial charge in [0, 0.05) is 41.8 Å². The number of aromatic nitrogens is 5. The van der Waals surface area contributed by atoms with Crippen molar-refractivity contribution in [3.8, 4) is 28.5 Å². The summed E-state index contributed by atoms with van der Waals surface area (Å²) in [6.45, 7) is 0.942. The summed E-state index contributed by atoms with van der Waals surface area (Å²) in [5.41, 5.74) is 8.68. The molecule has 33 heavy (non-hydrogen) atoms. The number of halogens is 1. The zero-order valence-corrected chi connectivity index (χ0v) is 19.6. The minimum Gasteiger partial charge on any atom is -0.491 e. The largest absolute Gasteiger partial charge is 0.491 e. The Morgan fingerprint density at radius 1 is 1.00 bits per heavy atom. The van der Waals surface area contributed by atoms with Crippen molar-refractivity contribution in [1.29, 1.82) is 0 Å². The highest BCUT2D eigenvalue weighted by Gasteiger charge is 2.14. The maximum absolute atomic E-state index is 6.54. The lowest BCUT2D eigenvalue weighted by Gasteiger charge is -2.12. The zero-order valence-electron chi connectivity index (χ0n) is 18.1. The van der Waals surface area contributed by atoms with Crippen LogP contribution in [-0.2, 0) is 17.6 Å². The van der Waals surface area contributed by atoms with E-state index in [2.05, 4.69) is 15.0 Å².